The molecule has 2 rings (SSSR count). The molecule has 1 aromatic carbocycles. The smallest absolute Gasteiger partial charge is 0.0746 e. The number of hydrogen-bond acceptors (Lipinski definition) is 3. The molecule has 3 nitrogen and oxygen atoms in total. The fraction of sp³-hybridized carbons (Fsp3) is 0.438. The minimum atomic E-state index is 0. The van der Waals surface area contributed by atoms with Crippen molar-refractivity contribution in [3.05, 3.63) is 42.1 Å². The molecular weight excluding hydrogens is 270 g/mol. The summed E-state index contributed by atoms with van der Waals surface area (Å²) in [5, 5.41) is 1.20. The highest BCUT2D eigenvalue weighted by Gasteiger charge is 2.18. The SMILES string of the molecule is CN(Cc1cccc2cccnc12)CC(C)(C)CN.Cl. The summed E-state index contributed by atoms with van der Waals surface area (Å²) in [6.45, 7) is 6.98. The van der Waals surface area contributed by atoms with Crippen molar-refractivity contribution in [2.75, 3.05) is 20.1 Å². The molecule has 1 heterocycles. The lowest BCUT2D eigenvalue weighted by atomic mass is 9.93. The lowest BCUT2D eigenvalue weighted by Gasteiger charge is -2.29. The molecule has 0 amide bonds. The van der Waals surface area contributed by atoms with Crippen LogP contribution in [0.2, 0.25) is 0 Å². The van der Waals surface area contributed by atoms with Gasteiger partial charge in [0.2, 0.25) is 0 Å². The molecular formula is C16H24ClN3. The van der Waals surface area contributed by atoms with Gasteiger partial charge in [-0.15, -0.1) is 12.4 Å². The molecule has 0 radical (unpaired) electrons. The van der Waals surface area contributed by atoms with Gasteiger partial charge in [-0.1, -0.05) is 38.1 Å². The largest absolute Gasteiger partial charge is 0.330 e. The zero-order valence-electron chi connectivity index (χ0n) is 12.5. The number of nitrogens with zero attached hydrogens (tertiary/aromatic N) is 2. The quantitative estimate of drug-likeness (QED) is 0.921. The van der Waals surface area contributed by atoms with Crippen LogP contribution in [0.5, 0.6) is 0 Å². The Morgan fingerprint density at radius 1 is 1.20 bits per heavy atom. The number of benzene rings is 1. The van der Waals surface area contributed by atoms with Gasteiger partial charge in [-0.05, 0) is 30.6 Å². The van der Waals surface area contributed by atoms with Crippen LogP contribution in [0.15, 0.2) is 36.5 Å². The molecule has 0 fully saturated rings. The molecule has 110 valence electrons. The van der Waals surface area contributed by atoms with Crippen LogP contribution in [0.25, 0.3) is 10.9 Å². The molecule has 4 heteroatoms. The molecule has 0 aliphatic heterocycles. The van der Waals surface area contributed by atoms with Crippen LogP contribution >= 0.6 is 12.4 Å². The Hall–Kier alpha value is -1.16. The van der Waals surface area contributed by atoms with Gasteiger partial charge < -0.3 is 10.6 Å². The van der Waals surface area contributed by atoms with Crippen molar-refractivity contribution in [1.29, 1.82) is 0 Å². The Labute approximate surface area is 127 Å². The summed E-state index contributed by atoms with van der Waals surface area (Å²) in [5.74, 6) is 0. The third-order valence-electron chi connectivity index (χ3n) is 3.41. The second-order valence-electron chi connectivity index (χ2n) is 6.03. The van der Waals surface area contributed by atoms with Crippen LogP contribution in [-0.2, 0) is 6.54 Å². The summed E-state index contributed by atoms with van der Waals surface area (Å²) in [7, 11) is 2.14. The summed E-state index contributed by atoms with van der Waals surface area (Å²) >= 11 is 0. The predicted molar refractivity (Wildman–Crippen MR) is 88.2 cm³/mol. The maximum atomic E-state index is 5.80. The Morgan fingerprint density at radius 3 is 2.60 bits per heavy atom. The molecule has 2 aromatic rings. The van der Waals surface area contributed by atoms with Crippen molar-refractivity contribution in [3.63, 3.8) is 0 Å². The second kappa shape index (κ2) is 7.02. The number of fused-ring (bicyclic) bond motifs is 1. The van der Waals surface area contributed by atoms with E-state index in [1.807, 2.05) is 12.3 Å². The molecule has 0 spiro atoms. The standard InChI is InChI=1S/C16H23N3.ClH/c1-16(2,11-17)12-19(3)10-14-7-4-6-13-8-5-9-18-15(13)14;/h4-9H,10-12,17H2,1-3H3;1H. The highest BCUT2D eigenvalue weighted by Crippen LogP contribution is 2.19. The highest BCUT2D eigenvalue weighted by atomic mass is 35.5. The van der Waals surface area contributed by atoms with E-state index in [0.29, 0.717) is 6.54 Å². The number of para-hydroxylation sites is 1. The van der Waals surface area contributed by atoms with E-state index in [0.717, 1.165) is 18.6 Å². The molecule has 0 saturated carbocycles. The second-order valence-corrected chi connectivity index (χ2v) is 6.03. The lowest BCUT2D eigenvalue weighted by molar-refractivity contribution is 0.210. The van der Waals surface area contributed by atoms with Crippen LogP contribution in [0.4, 0.5) is 0 Å². The fourth-order valence-electron chi connectivity index (χ4n) is 2.44. The van der Waals surface area contributed by atoms with Crippen LogP contribution < -0.4 is 5.73 Å². The van der Waals surface area contributed by atoms with Crippen LogP contribution in [0.3, 0.4) is 0 Å². The van der Waals surface area contributed by atoms with Crippen molar-refractivity contribution in [1.82, 2.24) is 9.88 Å². The van der Waals surface area contributed by atoms with E-state index in [2.05, 4.69) is 55.0 Å². The highest BCUT2D eigenvalue weighted by molar-refractivity contribution is 5.85. The average Bonchev–Trinajstić information content (AvgIpc) is 2.38. The summed E-state index contributed by atoms with van der Waals surface area (Å²) in [6, 6.07) is 10.4. The van der Waals surface area contributed by atoms with Gasteiger partial charge in [0.25, 0.3) is 0 Å². The maximum absolute atomic E-state index is 5.80. The van der Waals surface area contributed by atoms with Gasteiger partial charge in [-0.25, -0.2) is 0 Å². The normalized spacial score (nSPS) is 11.7. The third-order valence-corrected chi connectivity index (χ3v) is 3.41. The van der Waals surface area contributed by atoms with Crippen molar-refractivity contribution in [2.24, 2.45) is 11.1 Å². The minimum Gasteiger partial charge on any atom is -0.330 e. The van der Waals surface area contributed by atoms with E-state index in [1.165, 1.54) is 10.9 Å². The lowest BCUT2D eigenvalue weighted by Crippen LogP contribution is -2.36. The van der Waals surface area contributed by atoms with E-state index < -0.39 is 0 Å². The summed E-state index contributed by atoms with van der Waals surface area (Å²) in [6.07, 6.45) is 1.86. The van der Waals surface area contributed by atoms with E-state index in [-0.39, 0.29) is 17.8 Å². The molecule has 0 saturated heterocycles. The first kappa shape index (κ1) is 16.9. The number of halogens is 1. The van der Waals surface area contributed by atoms with Crippen LogP contribution in [0, 0.1) is 5.41 Å². The minimum absolute atomic E-state index is 0. The van der Waals surface area contributed by atoms with Crippen molar-refractivity contribution >= 4 is 23.3 Å². The Morgan fingerprint density at radius 2 is 1.90 bits per heavy atom. The van der Waals surface area contributed by atoms with E-state index in [9.17, 15) is 0 Å². The number of hydrogen-bond donors (Lipinski definition) is 1. The topological polar surface area (TPSA) is 42.2 Å². The fourth-order valence-corrected chi connectivity index (χ4v) is 2.44. The Balaban J connectivity index is 0.00000200. The van der Waals surface area contributed by atoms with Crippen molar-refractivity contribution < 1.29 is 0 Å². The number of rotatable bonds is 5. The van der Waals surface area contributed by atoms with E-state index in [1.54, 1.807) is 0 Å². The third kappa shape index (κ3) is 4.17. The molecule has 20 heavy (non-hydrogen) atoms. The molecule has 0 unspecified atom stereocenters. The van der Waals surface area contributed by atoms with Crippen LogP contribution in [-0.4, -0.2) is 30.0 Å². The Bertz CT molecular complexity index is 549. The zero-order chi connectivity index (χ0) is 13.9. The van der Waals surface area contributed by atoms with Gasteiger partial charge in [0.05, 0.1) is 5.52 Å². The molecule has 0 aliphatic carbocycles. The molecule has 0 aliphatic rings. The number of pyridine rings is 1. The van der Waals surface area contributed by atoms with Gasteiger partial charge in [-0.2, -0.15) is 0 Å². The Kier molecular flexibility index (Phi) is 5.93. The zero-order valence-corrected chi connectivity index (χ0v) is 13.3. The van der Waals surface area contributed by atoms with Gasteiger partial charge in [-0.3, -0.25) is 4.98 Å². The average molecular weight is 294 g/mol. The molecule has 2 N–H and O–H groups in total. The molecule has 1 aromatic heterocycles. The summed E-state index contributed by atoms with van der Waals surface area (Å²) in [4.78, 5) is 6.82. The summed E-state index contributed by atoms with van der Waals surface area (Å²) < 4.78 is 0. The monoisotopic (exact) mass is 293 g/mol. The first-order valence-electron chi connectivity index (χ1n) is 6.73. The van der Waals surface area contributed by atoms with E-state index >= 15 is 0 Å². The van der Waals surface area contributed by atoms with E-state index in [4.69, 9.17) is 5.73 Å². The van der Waals surface area contributed by atoms with Gasteiger partial charge in [0.1, 0.15) is 0 Å². The van der Waals surface area contributed by atoms with Gasteiger partial charge >= 0.3 is 0 Å². The van der Waals surface area contributed by atoms with Crippen LogP contribution in [0.1, 0.15) is 19.4 Å². The predicted octanol–water partition coefficient (Wildman–Crippen LogP) is 3.07. The molecule has 0 bridgehead atoms. The number of aromatic nitrogens is 1. The van der Waals surface area contributed by atoms with Gasteiger partial charge in [0.15, 0.2) is 0 Å². The first-order valence-corrected chi connectivity index (χ1v) is 6.73. The maximum Gasteiger partial charge on any atom is 0.0746 e. The summed E-state index contributed by atoms with van der Waals surface area (Å²) in [5.41, 5.74) is 8.32. The first-order chi connectivity index (χ1) is 9.02. The number of nitrogens with two attached hydrogens (primary N) is 1. The molecule has 0 atom stereocenters. The van der Waals surface area contributed by atoms with Gasteiger partial charge in [0, 0.05) is 24.7 Å². The van der Waals surface area contributed by atoms with Crippen molar-refractivity contribution in [2.45, 2.75) is 20.4 Å². The van der Waals surface area contributed by atoms with Crippen molar-refractivity contribution in [3.8, 4) is 0 Å².